The lowest BCUT2D eigenvalue weighted by Crippen LogP contribution is -2.44. The first kappa shape index (κ1) is 26.7. The van der Waals surface area contributed by atoms with Crippen molar-refractivity contribution in [3.05, 3.63) is 36.3 Å². The van der Waals surface area contributed by atoms with E-state index < -0.39 is 10.0 Å². The number of nitrogens with one attached hydrogen (secondary N) is 1. The molecule has 0 aromatic rings. The van der Waals surface area contributed by atoms with Gasteiger partial charge in [0, 0.05) is 25.7 Å². The van der Waals surface area contributed by atoms with Gasteiger partial charge in [-0.15, -0.1) is 6.58 Å². The van der Waals surface area contributed by atoms with E-state index in [-0.39, 0.29) is 43.0 Å². The van der Waals surface area contributed by atoms with Crippen LogP contribution in [-0.2, 0) is 29.1 Å². The Morgan fingerprint density at radius 3 is 2.76 bits per heavy atom. The lowest BCUT2D eigenvalue weighted by Gasteiger charge is -2.29. The van der Waals surface area contributed by atoms with Gasteiger partial charge in [0.1, 0.15) is 0 Å². The number of ether oxygens (including phenoxy) is 2. The molecule has 2 aliphatic heterocycles. The molecule has 0 saturated carbocycles. The fraction of sp³-hybridized carbons (Fsp3) is 0.708. The summed E-state index contributed by atoms with van der Waals surface area (Å²) in [6, 6.07) is -0.0140. The summed E-state index contributed by atoms with van der Waals surface area (Å²) in [7, 11) is -3.29. The van der Waals surface area contributed by atoms with E-state index >= 15 is 0 Å². The van der Waals surface area contributed by atoms with E-state index in [0.717, 1.165) is 37.0 Å². The highest BCUT2D eigenvalue weighted by Gasteiger charge is 2.44. The lowest BCUT2D eigenvalue weighted by molar-refractivity contribution is -0.188. The van der Waals surface area contributed by atoms with Crippen LogP contribution in [-0.4, -0.2) is 76.2 Å². The van der Waals surface area contributed by atoms with Gasteiger partial charge in [-0.2, -0.15) is 0 Å². The van der Waals surface area contributed by atoms with Crippen LogP contribution in [0.5, 0.6) is 0 Å². The maximum absolute atomic E-state index is 13.2. The number of likely N-dealkylation sites (tertiary alicyclic amines) is 1. The second-order valence-corrected chi connectivity index (χ2v) is 11.0. The number of rotatable bonds is 13. The molecule has 9 nitrogen and oxygen atoms in total. The quantitative estimate of drug-likeness (QED) is 0.308. The van der Waals surface area contributed by atoms with Crippen molar-refractivity contribution >= 4 is 15.9 Å². The summed E-state index contributed by atoms with van der Waals surface area (Å²) < 4.78 is 37.0. The molecule has 2 heterocycles. The van der Waals surface area contributed by atoms with Crippen molar-refractivity contribution in [2.24, 2.45) is 17.8 Å². The monoisotopic (exact) mass is 497 g/mol. The zero-order valence-corrected chi connectivity index (χ0v) is 21.4. The van der Waals surface area contributed by atoms with Gasteiger partial charge in [0.05, 0.1) is 19.4 Å². The van der Waals surface area contributed by atoms with Gasteiger partial charge in [-0.05, 0) is 55.6 Å². The van der Waals surface area contributed by atoms with Crippen LogP contribution in [0.25, 0.3) is 0 Å². The summed E-state index contributed by atoms with van der Waals surface area (Å²) in [4.78, 5) is 21.0. The minimum Gasteiger partial charge on any atom is -0.454 e. The molecular formula is C24H39N3O6S. The third-order valence-electron chi connectivity index (χ3n) is 6.59. The van der Waals surface area contributed by atoms with E-state index in [9.17, 15) is 13.2 Å². The van der Waals surface area contributed by atoms with E-state index in [4.69, 9.17) is 14.3 Å². The first-order chi connectivity index (χ1) is 16.3. The van der Waals surface area contributed by atoms with Crippen molar-refractivity contribution in [2.45, 2.75) is 45.6 Å². The molecule has 0 spiro atoms. The predicted octanol–water partition coefficient (Wildman–Crippen LogP) is 2.40. The molecule has 0 aromatic heterocycles. The van der Waals surface area contributed by atoms with E-state index in [2.05, 4.69) is 28.4 Å². The van der Waals surface area contributed by atoms with Gasteiger partial charge in [0.2, 0.25) is 16.8 Å². The highest BCUT2D eigenvalue weighted by molar-refractivity contribution is 7.88. The minimum atomic E-state index is -3.29. The molecule has 3 rings (SSSR count). The van der Waals surface area contributed by atoms with E-state index in [0.29, 0.717) is 32.7 Å². The van der Waals surface area contributed by atoms with Gasteiger partial charge in [-0.3, -0.25) is 14.5 Å². The number of sulfonamides is 1. The summed E-state index contributed by atoms with van der Waals surface area (Å²) in [5, 5.41) is 1.48. The Balaban J connectivity index is 1.77. The summed E-state index contributed by atoms with van der Waals surface area (Å²) >= 11 is 0. The van der Waals surface area contributed by atoms with E-state index in [1.165, 1.54) is 5.06 Å². The van der Waals surface area contributed by atoms with Crippen LogP contribution < -0.4 is 4.72 Å². The fourth-order valence-corrected chi connectivity index (χ4v) is 5.56. The van der Waals surface area contributed by atoms with Crippen molar-refractivity contribution in [2.75, 3.05) is 45.8 Å². The van der Waals surface area contributed by atoms with Gasteiger partial charge in [-0.25, -0.2) is 18.2 Å². The molecule has 192 valence electrons. The summed E-state index contributed by atoms with van der Waals surface area (Å²) in [5.74, 6) is 2.05. The van der Waals surface area contributed by atoms with E-state index in [1.807, 2.05) is 19.9 Å². The molecule has 0 aromatic carbocycles. The molecule has 10 heteroatoms. The molecule has 1 aliphatic carbocycles. The van der Waals surface area contributed by atoms with Gasteiger partial charge in [-0.1, -0.05) is 19.9 Å². The van der Waals surface area contributed by atoms with Crippen LogP contribution in [0.3, 0.4) is 0 Å². The second-order valence-electron chi connectivity index (χ2n) is 9.16. The molecule has 4 atom stereocenters. The molecular weight excluding hydrogens is 458 g/mol. The number of nitrogens with zero attached hydrogens (tertiary/aromatic N) is 2. The number of hydrogen-bond acceptors (Lipinski definition) is 7. The first-order valence-corrected chi connectivity index (χ1v) is 14.1. The number of fused-ring (bicyclic) bond motifs is 1. The largest absolute Gasteiger partial charge is 0.454 e. The predicted molar refractivity (Wildman–Crippen MR) is 130 cm³/mol. The summed E-state index contributed by atoms with van der Waals surface area (Å²) in [6.07, 6.45) is 10.4. The number of hydroxylamine groups is 2. The third kappa shape index (κ3) is 6.84. The van der Waals surface area contributed by atoms with Gasteiger partial charge in [0.15, 0.2) is 11.5 Å². The van der Waals surface area contributed by atoms with Crippen LogP contribution in [0, 0.1) is 17.8 Å². The number of carbonyl (C=O) groups is 1. The maximum Gasteiger partial charge on any atom is 0.260 e. The smallest absolute Gasteiger partial charge is 0.260 e. The maximum atomic E-state index is 13.2. The second kappa shape index (κ2) is 12.2. The number of hydrogen-bond donors (Lipinski definition) is 1. The average molecular weight is 498 g/mol. The Kier molecular flexibility index (Phi) is 9.58. The Morgan fingerprint density at radius 2 is 2.09 bits per heavy atom. The van der Waals surface area contributed by atoms with Crippen LogP contribution in [0.4, 0.5) is 0 Å². The molecule has 1 unspecified atom stereocenters. The van der Waals surface area contributed by atoms with Crippen molar-refractivity contribution in [1.82, 2.24) is 14.7 Å². The van der Waals surface area contributed by atoms with Gasteiger partial charge >= 0.3 is 0 Å². The molecule has 2 saturated heterocycles. The number of amides is 1. The normalized spacial score (nSPS) is 26.8. The molecule has 1 amide bonds. The molecule has 2 fully saturated rings. The number of allylic oxidation sites excluding steroid dienone is 2. The minimum absolute atomic E-state index is 0.0140. The Labute approximate surface area is 203 Å². The van der Waals surface area contributed by atoms with Gasteiger partial charge < -0.3 is 9.47 Å². The van der Waals surface area contributed by atoms with Crippen LogP contribution in [0.1, 0.15) is 39.5 Å². The first-order valence-electron chi connectivity index (χ1n) is 12.2. The Morgan fingerprint density at radius 1 is 1.32 bits per heavy atom. The highest BCUT2D eigenvalue weighted by Crippen LogP contribution is 2.42. The number of carbonyl (C=O) groups excluding carboxylic acids is 1. The van der Waals surface area contributed by atoms with E-state index in [1.54, 1.807) is 0 Å². The SMILES string of the molecule is C=C[C@@H]1[C@@H](C2C=C3OCOC3=CC2)CN(CC(=O)N(CCC)OCCC)[C@H]1CCNS(C)(=O)=O. The molecule has 34 heavy (non-hydrogen) atoms. The van der Waals surface area contributed by atoms with Crippen molar-refractivity contribution in [3.8, 4) is 0 Å². The molecule has 0 radical (unpaired) electrons. The molecule has 1 N–H and O–H groups in total. The van der Waals surface area contributed by atoms with Crippen LogP contribution in [0.15, 0.2) is 36.3 Å². The average Bonchev–Trinajstić information content (AvgIpc) is 3.39. The zero-order valence-electron chi connectivity index (χ0n) is 20.6. The van der Waals surface area contributed by atoms with Crippen LogP contribution >= 0.6 is 0 Å². The fourth-order valence-electron chi connectivity index (χ4n) is 5.07. The zero-order chi connectivity index (χ0) is 24.7. The van der Waals surface area contributed by atoms with Crippen molar-refractivity contribution < 1.29 is 27.5 Å². The molecule has 0 bridgehead atoms. The topological polar surface area (TPSA) is 97.4 Å². The molecule has 3 aliphatic rings. The van der Waals surface area contributed by atoms with Gasteiger partial charge in [0.25, 0.3) is 5.91 Å². The van der Waals surface area contributed by atoms with Crippen molar-refractivity contribution in [1.29, 1.82) is 0 Å². The highest BCUT2D eigenvalue weighted by atomic mass is 32.2. The third-order valence-corrected chi connectivity index (χ3v) is 7.32. The van der Waals surface area contributed by atoms with Crippen LogP contribution in [0.2, 0.25) is 0 Å². The standard InChI is InChI=1S/C24H39N3O6S/c1-5-12-27(33-13-6-2)24(28)16-26-15-20(18-8-9-22-23(14-18)32-17-31-22)19(7-3)21(26)10-11-25-34(4,29)30/h7,9,14,18-21,25H,3,5-6,8,10-13,15-17H2,1-2,4H3/t18?,19-,20-,21+/m1/s1. The Hall–Kier alpha value is -1.88. The summed E-state index contributed by atoms with van der Waals surface area (Å²) in [5.41, 5.74) is 0. The lowest BCUT2D eigenvalue weighted by atomic mass is 9.77. The Bertz CT molecular complexity index is 887. The summed E-state index contributed by atoms with van der Waals surface area (Å²) in [6.45, 7) is 10.6. The van der Waals surface area contributed by atoms with Crippen molar-refractivity contribution in [3.63, 3.8) is 0 Å².